The zero-order valence-corrected chi connectivity index (χ0v) is 11.5. The molecule has 0 unspecified atom stereocenters. The van der Waals surface area contributed by atoms with Crippen molar-refractivity contribution in [1.82, 2.24) is 20.4 Å². The van der Waals surface area contributed by atoms with Gasteiger partial charge in [-0.25, -0.2) is 0 Å². The average molecular weight is 279 g/mol. The maximum absolute atomic E-state index is 12.0. The lowest BCUT2D eigenvalue weighted by molar-refractivity contribution is 0.0383. The number of carbonyl (C=O) groups is 1. The second kappa shape index (κ2) is 5.80. The Kier molecular flexibility index (Phi) is 3.88. The molecule has 2 aliphatic rings. The molecule has 1 aliphatic carbocycles. The molecular formula is C13H21N5O2. The summed E-state index contributed by atoms with van der Waals surface area (Å²) in [6.45, 7) is 4.81. The van der Waals surface area contributed by atoms with Gasteiger partial charge in [0, 0.05) is 32.1 Å². The maximum atomic E-state index is 12.0. The van der Waals surface area contributed by atoms with Crippen LogP contribution in [0.1, 0.15) is 34.9 Å². The molecular weight excluding hydrogens is 258 g/mol. The second-order valence-electron chi connectivity index (χ2n) is 5.38. The third kappa shape index (κ3) is 2.94. The van der Waals surface area contributed by atoms with Crippen molar-refractivity contribution in [3.05, 3.63) is 11.4 Å². The predicted octanol–water partition coefficient (Wildman–Crippen LogP) is -0.0687. The summed E-state index contributed by atoms with van der Waals surface area (Å²) < 4.78 is 5.28. The molecule has 0 atom stereocenters. The van der Waals surface area contributed by atoms with Gasteiger partial charge in [-0.05, 0) is 12.8 Å². The van der Waals surface area contributed by atoms with E-state index in [0.717, 1.165) is 51.4 Å². The van der Waals surface area contributed by atoms with E-state index in [9.17, 15) is 4.79 Å². The molecule has 1 aliphatic heterocycles. The van der Waals surface area contributed by atoms with Crippen molar-refractivity contribution in [2.24, 2.45) is 0 Å². The summed E-state index contributed by atoms with van der Waals surface area (Å²) in [6, 6.07) is 0. The van der Waals surface area contributed by atoms with Crippen molar-refractivity contribution in [2.75, 3.05) is 45.1 Å². The number of H-pyrrole nitrogens is 1. The van der Waals surface area contributed by atoms with Crippen LogP contribution in [0.5, 0.6) is 0 Å². The summed E-state index contributed by atoms with van der Waals surface area (Å²) >= 11 is 0. The first-order valence-electron chi connectivity index (χ1n) is 7.17. The summed E-state index contributed by atoms with van der Waals surface area (Å²) in [4.78, 5) is 14.3. The highest BCUT2D eigenvalue weighted by Gasteiger charge is 2.30. The first kappa shape index (κ1) is 13.4. The number of ether oxygens (including phenoxy) is 1. The van der Waals surface area contributed by atoms with E-state index in [4.69, 9.17) is 10.5 Å². The van der Waals surface area contributed by atoms with E-state index < -0.39 is 0 Å². The van der Waals surface area contributed by atoms with Crippen LogP contribution < -0.4 is 11.1 Å². The molecule has 0 bridgehead atoms. The Hall–Kier alpha value is -1.60. The first-order valence-corrected chi connectivity index (χ1v) is 7.17. The number of anilines is 1. The number of rotatable bonds is 5. The Balaban J connectivity index is 1.48. The molecule has 0 aromatic carbocycles. The molecule has 1 saturated carbocycles. The number of hydrogen-bond acceptors (Lipinski definition) is 5. The number of nitrogens with one attached hydrogen (secondary N) is 2. The standard InChI is InChI=1S/C13H21N5O2/c14-10-11(9-1-2-9)16-17-12(10)13(19)15-3-4-18-5-7-20-8-6-18/h9H,1-8,14H2,(H,15,19)(H,16,17). The van der Waals surface area contributed by atoms with Crippen LogP contribution in [0.4, 0.5) is 5.69 Å². The molecule has 3 rings (SSSR count). The fourth-order valence-corrected chi connectivity index (χ4v) is 2.46. The number of nitrogens with two attached hydrogens (primary N) is 1. The number of nitrogens with zero attached hydrogens (tertiary/aromatic N) is 2. The van der Waals surface area contributed by atoms with Gasteiger partial charge in [-0.15, -0.1) is 0 Å². The van der Waals surface area contributed by atoms with Crippen molar-refractivity contribution < 1.29 is 9.53 Å². The zero-order chi connectivity index (χ0) is 13.9. The molecule has 1 saturated heterocycles. The van der Waals surface area contributed by atoms with Crippen LogP contribution in [0.25, 0.3) is 0 Å². The van der Waals surface area contributed by atoms with Crippen LogP contribution in [0, 0.1) is 0 Å². The average Bonchev–Trinajstić information content (AvgIpc) is 3.23. The molecule has 1 aromatic rings. The van der Waals surface area contributed by atoms with Crippen molar-refractivity contribution in [3.63, 3.8) is 0 Å². The fourth-order valence-electron chi connectivity index (χ4n) is 2.46. The van der Waals surface area contributed by atoms with E-state index in [0.29, 0.717) is 23.8 Å². The lowest BCUT2D eigenvalue weighted by atomic mass is 10.2. The monoisotopic (exact) mass is 279 g/mol. The van der Waals surface area contributed by atoms with E-state index in [-0.39, 0.29) is 5.91 Å². The van der Waals surface area contributed by atoms with E-state index >= 15 is 0 Å². The molecule has 110 valence electrons. The van der Waals surface area contributed by atoms with E-state index in [1.165, 1.54) is 0 Å². The quantitative estimate of drug-likeness (QED) is 0.701. The van der Waals surface area contributed by atoms with Gasteiger partial charge < -0.3 is 15.8 Å². The van der Waals surface area contributed by atoms with Crippen LogP contribution in [0.2, 0.25) is 0 Å². The van der Waals surface area contributed by atoms with Crippen LogP contribution in [0.15, 0.2) is 0 Å². The number of nitrogen functional groups attached to an aromatic ring is 1. The van der Waals surface area contributed by atoms with Crippen LogP contribution in [-0.2, 0) is 4.74 Å². The minimum Gasteiger partial charge on any atom is -0.395 e. The molecule has 2 heterocycles. The summed E-state index contributed by atoms with van der Waals surface area (Å²) in [5.74, 6) is 0.274. The first-order chi connectivity index (χ1) is 9.75. The van der Waals surface area contributed by atoms with Gasteiger partial charge in [0.15, 0.2) is 5.69 Å². The minimum atomic E-state index is -0.195. The topological polar surface area (TPSA) is 96.3 Å². The lowest BCUT2D eigenvalue weighted by Crippen LogP contribution is -2.41. The molecule has 0 spiro atoms. The van der Waals surface area contributed by atoms with Crippen molar-refractivity contribution in [1.29, 1.82) is 0 Å². The number of aromatic nitrogens is 2. The Bertz CT molecular complexity index is 477. The highest BCUT2D eigenvalue weighted by Crippen LogP contribution is 2.42. The number of carbonyl (C=O) groups excluding carboxylic acids is 1. The summed E-state index contributed by atoms with van der Waals surface area (Å²) in [5, 5.41) is 9.82. The van der Waals surface area contributed by atoms with Gasteiger partial charge in [0.1, 0.15) is 0 Å². The fraction of sp³-hybridized carbons (Fsp3) is 0.692. The van der Waals surface area contributed by atoms with E-state index in [1.807, 2.05) is 0 Å². The Morgan fingerprint density at radius 3 is 2.90 bits per heavy atom. The van der Waals surface area contributed by atoms with Gasteiger partial charge in [0.25, 0.3) is 5.91 Å². The summed E-state index contributed by atoms with van der Waals surface area (Å²) in [6.07, 6.45) is 2.26. The van der Waals surface area contributed by atoms with Gasteiger partial charge in [-0.2, -0.15) is 5.10 Å². The number of hydrogen-bond donors (Lipinski definition) is 3. The lowest BCUT2D eigenvalue weighted by Gasteiger charge is -2.26. The van der Waals surface area contributed by atoms with Crippen molar-refractivity contribution in [2.45, 2.75) is 18.8 Å². The summed E-state index contributed by atoms with van der Waals surface area (Å²) in [7, 11) is 0. The van der Waals surface area contributed by atoms with Crippen molar-refractivity contribution >= 4 is 11.6 Å². The molecule has 1 aromatic heterocycles. The minimum absolute atomic E-state index is 0.195. The highest BCUT2D eigenvalue weighted by molar-refractivity contribution is 5.97. The Morgan fingerprint density at radius 2 is 2.20 bits per heavy atom. The van der Waals surface area contributed by atoms with E-state index in [2.05, 4.69) is 20.4 Å². The van der Waals surface area contributed by atoms with Crippen LogP contribution in [-0.4, -0.2) is 60.4 Å². The molecule has 7 nitrogen and oxygen atoms in total. The number of morpholine rings is 1. The Labute approximate surface area is 117 Å². The molecule has 7 heteroatoms. The van der Waals surface area contributed by atoms with Gasteiger partial charge in [0.2, 0.25) is 0 Å². The molecule has 20 heavy (non-hydrogen) atoms. The zero-order valence-electron chi connectivity index (χ0n) is 11.5. The largest absolute Gasteiger partial charge is 0.395 e. The molecule has 0 radical (unpaired) electrons. The smallest absolute Gasteiger partial charge is 0.273 e. The SMILES string of the molecule is Nc1c(C(=O)NCCN2CCOCC2)n[nH]c1C1CC1. The maximum Gasteiger partial charge on any atom is 0.273 e. The van der Waals surface area contributed by atoms with Gasteiger partial charge in [-0.1, -0.05) is 0 Å². The number of aromatic amines is 1. The Morgan fingerprint density at radius 1 is 1.45 bits per heavy atom. The van der Waals surface area contributed by atoms with Gasteiger partial charge >= 0.3 is 0 Å². The third-order valence-corrected chi connectivity index (χ3v) is 3.85. The van der Waals surface area contributed by atoms with Crippen molar-refractivity contribution in [3.8, 4) is 0 Å². The number of amides is 1. The van der Waals surface area contributed by atoms with Gasteiger partial charge in [0.05, 0.1) is 24.6 Å². The molecule has 2 fully saturated rings. The third-order valence-electron chi connectivity index (χ3n) is 3.85. The van der Waals surface area contributed by atoms with Crippen LogP contribution in [0.3, 0.4) is 0 Å². The predicted molar refractivity (Wildman–Crippen MR) is 74.6 cm³/mol. The molecule has 4 N–H and O–H groups in total. The summed E-state index contributed by atoms with van der Waals surface area (Å²) in [5.41, 5.74) is 7.74. The highest BCUT2D eigenvalue weighted by atomic mass is 16.5. The second-order valence-corrected chi connectivity index (χ2v) is 5.38. The molecule has 1 amide bonds. The van der Waals surface area contributed by atoms with Crippen LogP contribution >= 0.6 is 0 Å². The normalized spacial score (nSPS) is 20.0. The van der Waals surface area contributed by atoms with Gasteiger partial charge in [-0.3, -0.25) is 14.8 Å². The van der Waals surface area contributed by atoms with E-state index in [1.54, 1.807) is 0 Å².